The summed E-state index contributed by atoms with van der Waals surface area (Å²) in [7, 11) is 1.75. The minimum atomic E-state index is -0.455. The zero-order valence-electron chi connectivity index (χ0n) is 9.35. The highest BCUT2D eigenvalue weighted by molar-refractivity contribution is 5.51. The third kappa shape index (κ3) is 2.50. The summed E-state index contributed by atoms with van der Waals surface area (Å²) >= 11 is 0. The smallest absolute Gasteiger partial charge is 0.364 e. The van der Waals surface area contributed by atoms with E-state index < -0.39 is 4.92 Å². The van der Waals surface area contributed by atoms with Crippen LogP contribution in [0.15, 0.2) is 6.33 Å². The molecule has 1 N–H and O–H groups in total. The fourth-order valence-electron chi connectivity index (χ4n) is 1.76. The molecule has 1 aromatic rings. The first-order valence-electron chi connectivity index (χ1n) is 5.58. The summed E-state index contributed by atoms with van der Waals surface area (Å²) in [4.78, 5) is 14.0. The first-order valence-corrected chi connectivity index (χ1v) is 5.58. The van der Waals surface area contributed by atoms with Crippen molar-refractivity contribution < 1.29 is 4.92 Å². The summed E-state index contributed by atoms with van der Waals surface area (Å²) in [6.07, 6.45) is 6.45. The first-order chi connectivity index (χ1) is 7.68. The molecule has 16 heavy (non-hydrogen) atoms. The second-order valence-electron chi connectivity index (χ2n) is 4.30. The van der Waals surface area contributed by atoms with Gasteiger partial charge in [-0.05, 0) is 28.7 Å². The lowest BCUT2D eigenvalue weighted by atomic mass is 10.2. The van der Waals surface area contributed by atoms with E-state index in [0.717, 1.165) is 18.9 Å². The molecule has 2 rings (SSSR count). The van der Waals surface area contributed by atoms with Crippen molar-refractivity contribution >= 4 is 11.6 Å². The van der Waals surface area contributed by atoms with E-state index in [-0.39, 0.29) is 5.82 Å². The van der Waals surface area contributed by atoms with Crippen LogP contribution in [-0.4, -0.2) is 21.0 Å². The van der Waals surface area contributed by atoms with E-state index in [1.165, 1.54) is 25.6 Å². The van der Waals surface area contributed by atoms with E-state index in [0.29, 0.717) is 5.82 Å². The van der Waals surface area contributed by atoms with Crippen LogP contribution in [0.25, 0.3) is 0 Å². The minimum absolute atomic E-state index is 0.0890. The lowest BCUT2D eigenvalue weighted by Gasteiger charge is -2.05. The summed E-state index contributed by atoms with van der Waals surface area (Å²) in [6, 6.07) is 0. The largest absolute Gasteiger partial charge is 0.406 e. The van der Waals surface area contributed by atoms with Gasteiger partial charge in [0.15, 0.2) is 0 Å². The molecule has 0 spiro atoms. The summed E-state index contributed by atoms with van der Waals surface area (Å²) in [5.41, 5.74) is 0. The topological polar surface area (TPSA) is 73.0 Å². The van der Waals surface area contributed by atoms with Crippen molar-refractivity contribution in [2.24, 2.45) is 13.0 Å². The Bertz CT molecular complexity index is 384. The Hall–Kier alpha value is -1.59. The highest BCUT2D eigenvalue weighted by Crippen LogP contribution is 2.33. The van der Waals surface area contributed by atoms with Crippen molar-refractivity contribution in [3.63, 3.8) is 0 Å². The van der Waals surface area contributed by atoms with Crippen molar-refractivity contribution in [1.29, 1.82) is 0 Å². The van der Waals surface area contributed by atoms with Crippen LogP contribution in [0, 0.1) is 16.0 Å². The Balaban J connectivity index is 1.86. The number of anilines is 1. The van der Waals surface area contributed by atoms with E-state index in [9.17, 15) is 10.1 Å². The highest BCUT2D eigenvalue weighted by Gasteiger charge is 2.21. The maximum atomic E-state index is 10.7. The van der Waals surface area contributed by atoms with Crippen LogP contribution in [0.4, 0.5) is 11.6 Å². The van der Waals surface area contributed by atoms with Crippen LogP contribution in [0.3, 0.4) is 0 Å². The summed E-state index contributed by atoms with van der Waals surface area (Å²) in [5.74, 6) is 1.32. The molecule has 0 aliphatic heterocycles. The molecule has 6 heteroatoms. The number of aryl methyl sites for hydroxylation is 1. The quantitative estimate of drug-likeness (QED) is 0.455. The van der Waals surface area contributed by atoms with Gasteiger partial charge in [-0.1, -0.05) is 12.8 Å². The molecule has 1 fully saturated rings. The van der Waals surface area contributed by atoms with Crippen LogP contribution in [0.2, 0.25) is 0 Å². The number of hydrogen-bond acceptors (Lipinski definition) is 4. The molecule has 0 radical (unpaired) electrons. The molecule has 1 aromatic heterocycles. The molecule has 0 amide bonds. The summed E-state index contributed by atoms with van der Waals surface area (Å²) in [6.45, 7) is 0.775. The van der Waals surface area contributed by atoms with Crippen molar-refractivity contribution in [2.45, 2.75) is 25.7 Å². The molecular weight excluding hydrogens is 208 g/mol. The molecule has 0 unspecified atom stereocenters. The predicted octanol–water partition coefficient (Wildman–Crippen LogP) is 1.93. The molecule has 88 valence electrons. The summed E-state index contributed by atoms with van der Waals surface area (Å²) in [5, 5.41) is 13.8. The van der Waals surface area contributed by atoms with Gasteiger partial charge < -0.3 is 15.4 Å². The fraction of sp³-hybridized carbons (Fsp3) is 0.700. The minimum Gasteiger partial charge on any atom is -0.364 e. The number of nitrogens with zero attached hydrogens (tertiary/aromatic N) is 3. The first kappa shape index (κ1) is 10.9. The van der Waals surface area contributed by atoms with Crippen molar-refractivity contribution in [1.82, 2.24) is 9.55 Å². The number of imidazole rings is 1. The maximum Gasteiger partial charge on any atom is 0.406 e. The molecule has 1 aliphatic carbocycles. The van der Waals surface area contributed by atoms with Gasteiger partial charge in [-0.15, -0.1) is 0 Å². The third-order valence-corrected chi connectivity index (χ3v) is 2.87. The van der Waals surface area contributed by atoms with Crippen LogP contribution in [0.1, 0.15) is 25.7 Å². The van der Waals surface area contributed by atoms with Crippen molar-refractivity contribution in [3.05, 3.63) is 16.4 Å². The second kappa shape index (κ2) is 4.51. The second-order valence-corrected chi connectivity index (χ2v) is 4.30. The monoisotopic (exact) mass is 224 g/mol. The van der Waals surface area contributed by atoms with Crippen LogP contribution >= 0.6 is 0 Å². The number of nitrogens with one attached hydrogen (secondary N) is 1. The average Bonchev–Trinajstić information content (AvgIpc) is 2.98. The molecule has 1 heterocycles. The molecule has 0 saturated heterocycles. The Morgan fingerprint density at radius 1 is 1.69 bits per heavy atom. The molecule has 6 nitrogen and oxygen atoms in total. The third-order valence-electron chi connectivity index (χ3n) is 2.87. The van der Waals surface area contributed by atoms with Gasteiger partial charge >= 0.3 is 5.82 Å². The summed E-state index contributed by atoms with van der Waals surface area (Å²) < 4.78 is 1.65. The van der Waals surface area contributed by atoms with E-state index in [2.05, 4.69) is 10.3 Å². The SMILES string of the molecule is Cn1cnc([N+](=O)[O-])c1NCCCC1CC1. The maximum absolute atomic E-state index is 10.7. The molecule has 1 saturated carbocycles. The van der Waals surface area contributed by atoms with Gasteiger partial charge in [0.2, 0.25) is 12.1 Å². The number of nitro groups is 1. The van der Waals surface area contributed by atoms with Crippen molar-refractivity contribution in [2.75, 3.05) is 11.9 Å². The lowest BCUT2D eigenvalue weighted by molar-refractivity contribution is -0.388. The molecule has 1 aliphatic rings. The fourth-order valence-corrected chi connectivity index (χ4v) is 1.76. The number of rotatable bonds is 6. The van der Waals surface area contributed by atoms with Gasteiger partial charge in [0, 0.05) is 13.6 Å². The number of hydrogen-bond donors (Lipinski definition) is 1. The van der Waals surface area contributed by atoms with E-state index >= 15 is 0 Å². The standard InChI is InChI=1S/C10H16N4O2/c1-13-7-12-10(14(15)16)9(13)11-6-2-3-8-4-5-8/h7-8,11H,2-6H2,1H3. The predicted molar refractivity (Wildman–Crippen MR) is 60.3 cm³/mol. The highest BCUT2D eigenvalue weighted by atomic mass is 16.6. The normalized spacial score (nSPS) is 15.1. The molecule has 0 aromatic carbocycles. The van der Waals surface area contributed by atoms with Crippen molar-refractivity contribution in [3.8, 4) is 0 Å². The Morgan fingerprint density at radius 3 is 3.06 bits per heavy atom. The zero-order valence-corrected chi connectivity index (χ0v) is 9.35. The Kier molecular flexibility index (Phi) is 3.07. The van der Waals surface area contributed by atoms with Gasteiger partial charge in [0.05, 0.1) is 0 Å². The van der Waals surface area contributed by atoms with Gasteiger partial charge in [-0.2, -0.15) is 0 Å². The van der Waals surface area contributed by atoms with Crippen LogP contribution in [0.5, 0.6) is 0 Å². The Labute approximate surface area is 93.8 Å². The van der Waals surface area contributed by atoms with Gasteiger partial charge in [0.1, 0.15) is 0 Å². The van der Waals surface area contributed by atoms with Gasteiger partial charge in [-0.3, -0.25) is 4.57 Å². The van der Waals surface area contributed by atoms with Crippen LogP contribution in [-0.2, 0) is 7.05 Å². The molecule has 0 bridgehead atoms. The Morgan fingerprint density at radius 2 is 2.44 bits per heavy atom. The lowest BCUT2D eigenvalue weighted by Crippen LogP contribution is -2.07. The molecule has 0 atom stereocenters. The van der Waals surface area contributed by atoms with E-state index in [1.807, 2.05) is 0 Å². The zero-order chi connectivity index (χ0) is 11.5. The van der Waals surface area contributed by atoms with E-state index in [4.69, 9.17) is 0 Å². The number of aromatic nitrogens is 2. The van der Waals surface area contributed by atoms with Gasteiger partial charge in [-0.25, -0.2) is 0 Å². The van der Waals surface area contributed by atoms with Gasteiger partial charge in [0.25, 0.3) is 0 Å². The van der Waals surface area contributed by atoms with E-state index in [1.54, 1.807) is 11.6 Å². The molecular formula is C10H16N4O2. The average molecular weight is 224 g/mol. The van der Waals surface area contributed by atoms with Crippen LogP contribution < -0.4 is 5.32 Å².